The highest BCUT2D eigenvalue weighted by Crippen LogP contribution is 2.29. The first-order chi connectivity index (χ1) is 17.1. The minimum Gasteiger partial charge on any atom is -0.450 e. The molecule has 0 unspecified atom stereocenters. The molecule has 2 N–H and O–H groups in total. The van der Waals surface area contributed by atoms with Gasteiger partial charge in [0, 0.05) is 28.9 Å². The number of amides is 2. The van der Waals surface area contributed by atoms with Crippen molar-refractivity contribution in [1.29, 1.82) is 0 Å². The fraction of sp³-hybridized carbons (Fsp3) is 0.393. The van der Waals surface area contributed by atoms with E-state index in [1.54, 1.807) is 18.7 Å². The smallest absolute Gasteiger partial charge is 0.407 e. The number of carbonyl (C=O) groups is 2. The average molecular weight is 492 g/mol. The molecular formula is C28H33N3O3S. The molecule has 1 heterocycles. The predicted molar refractivity (Wildman–Crippen MR) is 142 cm³/mol. The molecule has 0 bridgehead atoms. The molecule has 1 aromatic heterocycles. The van der Waals surface area contributed by atoms with E-state index in [0.717, 1.165) is 47.8 Å². The summed E-state index contributed by atoms with van der Waals surface area (Å²) >= 11 is 1.70. The van der Waals surface area contributed by atoms with E-state index in [2.05, 4.69) is 41.2 Å². The van der Waals surface area contributed by atoms with Gasteiger partial charge in [0.1, 0.15) is 0 Å². The number of hydrogen-bond acceptors (Lipinski definition) is 5. The summed E-state index contributed by atoms with van der Waals surface area (Å²) in [6.07, 6.45) is 5.88. The number of aromatic nitrogens is 1. The van der Waals surface area contributed by atoms with Gasteiger partial charge in [-0.15, -0.1) is 11.8 Å². The average Bonchev–Trinajstić information content (AvgIpc) is 2.90. The van der Waals surface area contributed by atoms with Crippen LogP contribution in [0.3, 0.4) is 0 Å². The zero-order chi connectivity index (χ0) is 24.6. The predicted octanol–water partition coefficient (Wildman–Crippen LogP) is 5.91. The second-order valence-electron chi connectivity index (χ2n) is 9.00. The third-order valence-corrected chi connectivity index (χ3v) is 7.42. The van der Waals surface area contributed by atoms with E-state index in [1.807, 2.05) is 30.3 Å². The topological polar surface area (TPSA) is 80.3 Å². The molecule has 4 rings (SSSR count). The maximum atomic E-state index is 13.3. The van der Waals surface area contributed by atoms with Crippen LogP contribution < -0.4 is 10.6 Å². The number of benzene rings is 2. The van der Waals surface area contributed by atoms with Gasteiger partial charge < -0.3 is 15.4 Å². The van der Waals surface area contributed by atoms with Gasteiger partial charge in [-0.2, -0.15) is 0 Å². The third kappa shape index (κ3) is 6.54. The zero-order valence-corrected chi connectivity index (χ0v) is 21.2. The standard InChI is InChI=1S/C28H33N3O3S/c1-3-34-28(33)30-18-20-10-8-19(9-11-20)17-29-27(32)24-16-26(21-12-14-22(35-2)15-13-21)31-25-7-5-4-6-23(24)25/h4-7,12-16,19-20H,3,8-11,17-18H2,1-2H3,(H,29,32)(H,30,33)/t19-,20-. The molecule has 1 saturated carbocycles. The first-order valence-corrected chi connectivity index (χ1v) is 13.5. The molecule has 184 valence electrons. The molecule has 0 aliphatic heterocycles. The summed E-state index contributed by atoms with van der Waals surface area (Å²) in [4.78, 5) is 30.8. The Morgan fingerprint density at radius 3 is 2.29 bits per heavy atom. The molecular weight excluding hydrogens is 458 g/mol. The lowest BCUT2D eigenvalue weighted by atomic mass is 9.82. The number of para-hydroxylation sites is 1. The number of thioether (sulfide) groups is 1. The largest absolute Gasteiger partial charge is 0.450 e. The lowest BCUT2D eigenvalue weighted by Gasteiger charge is -2.28. The van der Waals surface area contributed by atoms with Gasteiger partial charge >= 0.3 is 6.09 Å². The van der Waals surface area contributed by atoms with Crippen molar-refractivity contribution in [3.8, 4) is 11.3 Å². The lowest BCUT2D eigenvalue weighted by molar-refractivity contribution is 0.0942. The van der Waals surface area contributed by atoms with E-state index in [-0.39, 0.29) is 12.0 Å². The number of hydrogen-bond donors (Lipinski definition) is 2. The van der Waals surface area contributed by atoms with E-state index < -0.39 is 0 Å². The van der Waals surface area contributed by atoms with Crippen LogP contribution in [-0.4, -0.2) is 42.9 Å². The number of alkyl carbamates (subject to hydrolysis) is 1. The Kier molecular flexibility index (Phi) is 8.64. The molecule has 3 aromatic rings. The maximum absolute atomic E-state index is 13.3. The van der Waals surface area contributed by atoms with E-state index in [0.29, 0.717) is 37.1 Å². The molecule has 1 fully saturated rings. The first-order valence-electron chi connectivity index (χ1n) is 12.3. The quantitative estimate of drug-likeness (QED) is 0.383. The Hall–Kier alpha value is -3.06. The van der Waals surface area contributed by atoms with Crippen LogP contribution in [0.5, 0.6) is 0 Å². The van der Waals surface area contributed by atoms with Gasteiger partial charge in [-0.05, 0) is 75.0 Å². The number of pyridine rings is 1. The van der Waals surface area contributed by atoms with Gasteiger partial charge in [0.15, 0.2) is 0 Å². The number of rotatable bonds is 8. The van der Waals surface area contributed by atoms with Crippen molar-refractivity contribution >= 4 is 34.7 Å². The highest BCUT2D eigenvalue weighted by Gasteiger charge is 2.23. The molecule has 0 spiro atoms. The van der Waals surface area contributed by atoms with Crippen LogP contribution >= 0.6 is 11.8 Å². The van der Waals surface area contributed by atoms with Crippen LogP contribution in [0.25, 0.3) is 22.2 Å². The van der Waals surface area contributed by atoms with E-state index in [4.69, 9.17) is 9.72 Å². The Morgan fingerprint density at radius 1 is 0.971 bits per heavy atom. The highest BCUT2D eigenvalue weighted by atomic mass is 32.2. The lowest BCUT2D eigenvalue weighted by Crippen LogP contribution is -2.34. The Balaban J connectivity index is 1.39. The summed E-state index contributed by atoms with van der Waals surface area (Å²) in [5.41, 5.74) is 3.28. The SMILES string of the molecule is CCOC(=O)NC[C@H]1CC[C@H](CNC(=O)c2cc(-c3ccc(SC)cc3)nc3ccccc23)CC1. The molecule has 1 aliphatic rings. The monoisotopic (exact) mass is 491 g/mol. The van der Waals surface area contributed by atoms with Crippen molar-refractivity contribution in [3.63, 3.8) is 0 Å². The van der Waals surface area contributed by atoms with Gasteiger partial charge in [0.25, 0.3) is 5.91 Å². The van der Waals surface area contributed by atoms with Gasteiger partial charge in [0.05, 0.1) is 23.4 Å². The summed E-state index contributed by atoms with van der Waals surface area (Å²) in [5, 5.41) is 6.89. The minimum atomic E-state index is -0.342. The summed E-state index contributed by atoms with van der Waals surface area (Å²) < 4.78 is 4.94. The Labute approximate surface area is 211 Å². The maximum Gasteiger partial charge on any atom is 0.407 e. The van der Waals surface area contributed by atoms with Crippen molar-refractivity contribution < 1.29 is 14.3 Å². The van der Waals surface area contributed by atoms with Crippen LogP contribution in [0, 0.1) is 11.8 Å². The molecule has 6 nitrogen and oxygen atoms in total. The van der Waals surface area contributed by atoms with Gasteiger partial charge in [-0.1, -0.05) is 30.3 Å². The Morgan fingerprint density at radius 2 is 1.63 bits per heavy atom. The normalized spacial score (nSPS) is 17.7. The fourth-order valence-corrected chi connectivity index (χ4v) is 5.06. The van der Waals surface area contributed by atoms with Gasteiger partial charge in [0.2, 0.25) is 0 Å². The number of fused-ring (bicyclic) bond motifs is 1. The van der Waals surface area contributed by atoms with E-state index in [1.165, 1.54) is 4.90 Å². The second kappa shape index (κ2) is 12.1. The summed E-state index contributed by atoms with van der Waals surface area (Å²) in [6.45, 7) is 3.50. The van der Waals surface area contributed by atoms with Crippen LogP contribution in [0.1, 0.15) is 43.0 Å². The summed E-state index contributed by atoms with van der Waals surface area (Å²) in [7, 11) is 0. The van der Waals surface area contributed by atoms with Gasteiger partial charge in [-0.25, -0.2) is 9.78 Å². The molecule has 35 heavy (non-hydrogen) atoms. The molecule has 0 atom stereocenters. The van der Waals surface area contributed by atoms with Crippen LogP contribution in [-0.2, 0) is 4.74 Å². The van der Waals surface area contributed by atoms with Crippen LogP contribution in [0.15, 0.2) is 59.5 Å². The zero-order valence-electron chi connectivity index (χ0n) is 20.4. The van der Waals surface area contributed by atoms with Crippen molar-refractivity contribution in [2.75, 3.05) is 26.0 Å². The third-order valence-electron chi connectivity index (χ3n) is 6.67. The molecule has 2 amide bonds. The molecule has 1 aliphatic carbocycles. The fourth-order valence-electron chi connectivity index (χ4n) is 4.65. The molecule has 2 aromatic carbocycles. The van der Waals surface area contributed by atoms with Crippen molar-refractivity contribution in [2.45, 2.75) is 37.5 Å². The highest BCUT2D eigenvalue weighted by molar-refractivity contribution is 7.98. The van der Waals surface area contributed by atoms with Crippen molar-refractivity contribution in [2.24, 2.45) is 11.8 Å². The van der Waals surface area contributed by atoms with Crippen LogP contribution in [0.2, 0.25) is 0 Å². The number of carbonyl (C=O) groups excluding carboxylic acids is 2. The summed E-state index contributed by atoms with van der Waals surface area (Å²) in [5.74, 6) is 0.858. The number of ether oxygens (including phenoxy) is 1. The molecule has 0 saturated heterocycles. The molecule has 0 radical (unpaired) electrons. The number of nitrogens with zero attached hydrogens (tertiary/aromatic N) is 1. The molecule has 7 heteroatoms. The van der Waals surface area contributed by atoms with Crippen LogP contribution in [0.4, 0.5) is 4.79 Å². The van der Waals surface area contributed by atoms with Gasteiger partial charge in [-0.3, -0.25) is 4.79 Å². The number of nitrogens with one attached hydrogen (secondary N) is 2. The second-order valence-corrected chi connectivity index (χ2v) is 9.88. The van der Waals surface area contributed by atoms with Crippen molar-refractivity contribution in [1.82, 2.24) is 15.6 Å². The Bertz CT molecular complexity index is 1160. The summed E-state index contributed by atoms with van der Waals surface area (Å²) in [6, 6.07) is 18.0. The van der Waals surface area contributed by atoms with E-state index in [9.17, 15) is 9.59 Å². The van der Waals surface area contributed by atoms with E-state index >= 15 is 0 Å². The van der Waals surface area contributed by atoms with Crippen molar-refractivity contribution in [3.05, 3.63) is 60.2 Å². The minimum absolute atomic E-state index is 0.0586. The first kappa shape index (κ1) is 25.0.